The zero-order valence-corrected chi connectivity index (χ0v) is 13.2. The third-order valence-electron chi connectivity index (χ3n) is 3.98. The molecule has 1 N–H and O–H groups in total. The van der Waals surface area contributed by atoms with E-state index >= 15 is 0 Å². The van der Waals surface area contributed by atoms with Gasteiger partial charge in [0, 0.05) is 17.7 Å². The fourth-order valence-corrected chi connectivity index (χ4v) is 3.04. The lowest BCUT2D eigenvalue weighted by atomic mass is 10.0. The predicted molar refractivity (Wildman–Crippen MR) is 88.5 cm³/mol. The molecule has 1 amide bonds. The number of carbonyl (C=O) groups excluding carboxylic acids is 1. The standard InChI is InChI=1S/C17H15N3O4/c1-10-6-11(2)16-14(7-10)15(18-22)17(21)19(16)9-12-4-3-5-13(8-12)20(23)24/h3-8,22H,9H2,1-2H3/b18-15-. The Balaban J connectivity index is 2.06. The van der Waals surface area contributed by atoms with Crippen LogP contribution in [0.15, 0.2) is 41.6 Å². The van der Waals surface area contributed by atoms with Gasteiger partial charge in [-0.2, -0.15) is 0 Å². The lowest BCUT2D eigenvalue weighted by Gasteiger charge is -2.19. The van der Waals surface area contributed by atoms with Crippen molar-refractivity contribution in [1.82, 2.24) is 0 Å². The molecule has 2 aromatic rings. The number of rotatable bonds is 3. The van der Waals surface area contributed by atoms with E-state index in [1.165, 1.54) is 17.0 Å². The van der Waals surface area contributed by atoms with Crippen molar-refractivity contribution < 1.29 is 14.9 Å². The molecule has 0 bridgehead atoms. The van der Waals surface area contributed by atoms with Crippen LogP contribution in [0.1, 0.15) is 22.3 Å². The molecule has 0 unspecified atom stereocenters. The Labute approximate surface area is 138 Å². The number of benzene rings is 2. The van der Waals surface area contributed by atoms with Gasteiger partial charge in [0.05, 0.1) is 17.2 Å². The van der Waals surface area contributed by atoms with Crippen LogP contribution in [-0.2, 0) is 11.3 Å². The predicted octanol–water partition coefficient (Wildman–Crippen LogP) is 2.94. The average Bonchev–Trinajstić information content (AvgIpc) is 2.79. The minimum atomic E-state index is -0.474. The van der Waals surface area contributed by atoms with Crippen molar-refractivity contribution >= 4 is 23.0 Å². The van der Waals surface area contributed by atoms with Crippen molar-refractivity contribution in [3.8, 4) is 0 Å². The van der Waals surface area contributed by atoms with Crippen LogP contribution in [0.4, 0.5) is 11.4 Å². The summed E-state index contributed by atoms with van der Waals surface area (Å²) >= 11 is 0. The molecule has 0 atom stereocenters. The van der Waals surface area contributed by atoms with Crippen molar-refractivity contribution in [3.05, 3.63) is 68.8 Å². The van der Waals surface area contributed by atoms with Gasteiger partial charge in [-0.15, -0.1) is 0 Å². The largest absolute Gasteiger partial charge is 0.410 e. The molecule has 1 aliphatic heterocycles. The molecular formula is C17H15N3O4. The molecule has 7 nitrogen and oxygen atoms in total. The molecule has 3 rings (SSSR count). The Morgan fingerprint density at radius 1 is 1.25 bits per heavy atom. The highest BCUT2D eigenvalue weighted by Crippen LogP contribution is 2.35. The van der Waals surface area contributed by atoms with Crippen LogP contribution < -0.4 is 4.90 Å². The first-order valence-corrected chi connectivity index (χ1v) is 7.31. The monoisotopic (exact) mass is 325 g/mol. The van der Waals surface area contributed by atoms with Crippen LogP contribution in [0.25, 0.3) is 0 Å². The molecule has 2 aromatic carbocycles. The Hall–Kier alpha value is -3.22. The second-order valence-corrected chi connectivity index (χ2v) is 5.74. The summed E-state index contributed by atoms with van der Waals surface area (Å²) in [6.07, 6.45) is 0. The van der Waals surface area contributed by atoms with E-state index in [2.05, 4.69) is 5.16 Å². The quantitative estimate of drug-likeness (QED) is 0.533. The zero-order valence-electron chi connectivity index (χ0n) is 13.2. The molecule has 0 spiro atoms. The maximum absolute atomic E-state index is 12.6. The number of non-ortho nitro benzene ring substituents is 1. The number of hydrogen-bond donors (Lipinski definition) is 1. The van der Waals surface area contributed by atoms with Gasteiger partial charge in [0.1, 0.15) is 0 Å². The van der Waals surface area contributed by atoms with Gasteiger partial charge in [-0.1, -0.05) is 28.9 Å². The Bertz CT molecular complexity index is 889. The second kappa shape index (κ2) is 5.77. The summed E-state index contributed by atoms with van der Waals surface area (Å²) in [5, 5.41) is 23.3. The number of oxime groups is 1. The van der Waals surface area contributed by atoms with Gasteiger partial charge in [-0.05, 0) is 31.0 Å². The lowest BCUT2D eigenvalue weighted by molar-refractivity contribution is -0.384. The van der Waals surface area contributed by atoms with Crippen LogP contribution in [0.2, 0.25) is 0 Å². The number of fused-ring (bicyclic) bond motifs is 1. The minimum absolute atomic E-state index is 0.0118. The minimum Gasteiger partial charge on any atom is -0.410 e. The fourth-order valence-electron chi connectivity index (χ4n) is 3.04. The van der Waals surface area contributed by atoms with Crippen LogP contribution >= 0.6 is 0 Å². The van der Waals surface area contributed by atoms with Crippen molar-refractivity contribution in [1.29, 1.82) is 0 Å². The van der Waals surface area contributed by atoms with E-state index < -0.39 is 10.8 Å². The van der Waals surface area contributed by atoms with Gasteiger partial charge in [-0.25, -0.2) is 0 Å². The normalized spacial score (nSPS) is 15.0. The van der Waals surface area contributed by atoms with E-state index in [9.17, 15) is 20.1 Å². The molecule has 1 aliphatic rings. The van der Waals surface area contributed by atoms with Crippen LogP contribution in [0.3, 0.4) is 0 Å². The van der Waals surface area contributed by atoms with Gasteiger partial charge < -0.3 is 10.1 Å². The molecule has 0 radical (unpaired) electrons. The molecule has 24 heavy (non-hydrogen) atoms. The maximum Gasteiger partial charge on any atom is 0.281 e. The number of amides is 1. The summed E-state index contributed by atoms with van der Waals surface area (Å²) in [7, 11) is 0. The van der Waals surface area contributed by atoms with Crippen molar-refractivity contribution in [3.63, 3.8) is 0 Å². The third kappa shape index (κ3) is 2.50. The van der Waals surface area contributed by atoms with Gasteiger partial charge in [0.25, 0.3) is 11.6 Å². The number of anilines is 1. The zero-order chi connectivity index (χ0) is 17.4. The van der Waals surface area contributed by atoms with E-state index in [1.807, 2.05) is 19.9 Å². The molecule has 122 valence electrons. The maximum atomic E-state index is 12.6. The average molecular weight is 325 g/mol. The smallest absolute Gasteiger partial charge is 0.281 e. The van der Waals surface area contributed by atoms with E-state index in [0.29, 0.717) is 16.8 Å². The summed E-state index contributed by atoms with van der Waals surface area (Å²) < 4.78 is 0. The van der Waals surface area contributed by atoms with E-state index in [1.54, 1.807) is 18.2 Å². The summed E-state index contributed by atoms with van der Waals surface area (Å²) in [6, 6.07) is 9.87. The lowest BCUT2D eigenvalue weighted by Crippen LogP contribution is -2.29. The van der Waals surface area contributed by atoms with Crippen molar-refractivity contribution in [2.24, 2.45) is 5.16 Å². The summed E-state index contributed by atoms with van der Waals surface area (Å²) in [5.41, 5.74) is 3.66. The molecule has 0 saturated carbocycles. The highest BCUT2D eigenvalue weighted by molar-refractivity contribution is 6.54. The molecule has 0 aromatic heterocycles. The fraction of sp³-hybridized carbons (Fsp3) is 0.176. The number of carbonyl (C=O) groups is 1. The van der Waals surface area contributed by atoms with Gasteiger partial charge in [-0.3, -0.25) is 14.9 Å². The van der Waals surface area contributed by atoms with Crippen LogP contribution in [0, 0.1) is 24.0 Å². The first-order chi connectivity index (χ1) is 11.4. The van der Waals surface area contributed by atoms with E-state index in [4.69, 9.17) is 0 Å². The molecule has 0 aliphatic carbocycles. The number of nitro groups is 1. The molecule has 0 fully saturated rings. The molecule has 1 heterocycles. The highest BCUT2D eigenvalue weighted by Gasteiger charge is 2.36. The summed E-state index contributed by atoms with van der Waals surface area (Å²) in [5.74, 6) is -0.423. The highest BCUT2D eigenvalue weighted by atomic mass is 16.6. The summed E-state index contributed by atoms with van der Waals surface area (Å²) in [4.78, 5) is 24.5. The first-order valence-electron chi connectivity index (χ1n) is 7.31. The number of hydrogen-bond acceptors (Lipinski definition) is 5. The van der Waals surface area contributed by atoms with Gasteiger partial charge >= 0.3 is 0 Å². The Morgan fingerprint density at radius 3 is 2.67 bits per heavy atom. The van der Waals surface area contributed by atoms with E-state index in [0.717, 1.165) is 11.1 Å². The Morgan fingerprint density at radius 2 is 2.00 bits per heavy atom. The molecule has 7 heteroatoms. The SMILES string of the molecule is Cc1cc(C)c2c(c1)/C(=N/O)C(=O)N2Cc1cccc([N+](=O)[O-])c1. The number of nitro benzene ring substituents is 1. The number of nitrogens with zero attached hydrogens (tertiary/aromatic N) is 3. The molecular weight excluding hydrogens is 310 g/mol. The van der Waals surface area contributed by atoms with E-state index in [-0.39, 0.29) is 17.9 Å². The van der Waals surface area contributed by atoms with Crippen molar-refractivity contribution in [2.75, 3.05) is 4.90 Å². The topological polar surface area (TPSA) is 96.0 Å². The van der Waals surface area contributed by atoms with Gasteiger partial charge in [0.2, 0.25) is 0 Å². The second-order valence-electron chi connectivity index (χ2n) is 5.74. The third-order valence-corrected chi connectivity index (χ3v) is 3.98. The first kappa shape index (κ1) is 15.7. The molecule has 0 saturated heterocycles. The van der Waals surface area contributed by atoms with Crippen molar-refractivity contribution in [2.45, 2.75) is 20.4 Å². The summed E-state index contributed by atoms with van der Waals surface area (Å²) in [6.45, 7) is 3.94. The number of aryl methyl sites for hydroxylation is 2. The van der Waals surface area contributed by atoms with Crippen LogP contribution in [0.5, 0.6) is 0 Å². The Kier molecular flexibility index (Phi) is 3.76. The van der Waals surface area contributed by atoms with Gasteiger partial charge in [0.15, 0.2) is 5.71 Å². The van der Waals surface area contributed by atoms with Crippen LogP contribution in [-0.4, -0.2) is 21.7 Å².